The molecule has 1 atom stereocenters. The maximum atomic E-state index is 10.4. The maximum absolute atomic E-state index is 10.4. The third kappa shape index (κ3) is 23.7. The predicted molar refractivity (Wildman–Crippen MR) is 164 cm³/mol. The van der Waals surface area contributed by atoms with E-state index >= 15 is 0 Å². The Morgan fingerprint density at radius 1 is 0.541 bits per heavy atom. The van der Waals surface area contributed by atoms with Gasteiger partial charge in [0.25, 0.3) is 0 Å². The lowest BCUT2D eigenvalue weighted by molar-refractivity contribution is -0.929. The summed E-state index contributed by atoms with van der Waals surface area (Å²) >= 11 is 0. The molecule has 2 nitrogen and oxygen atoms in total. The minimum atomic E-state index is -0.342. The number of halogens is 1. The van der Waals surface area contributed by atoms with Gasteiger partial charge >= 0.3 is 0 Å². The lowest BCUT2D eigenvalue weighted by Crippen LogP contribution is -3.00. The first kappa shape index (κ1) is 39.3. The Morgan fingerprint density at radius 3 is 1.22 bits per heavy atom. The molecule has 0 saturated carbocycles. The number of unbranched alkanes of at least 4 members (excludes halogenated alkanes) is 16. The first-order chi connectivity index (χ1) is 17.3. The van der Waals surface area contributed by atoms with Gasteiger partial charge in [0.15, 0.2) is 0 Å². The highest BCUT2D eigenvalue weighted by Gasteiger charge is 2.26. The van der Waals surface area contributed by atoms with Crippen molar-refractivity contribution < 1.29 is 26.6 Å². The smallest absolute Gasteiger partial charge is 0.0789 e. The number of rotatable bonds is 26. The molecule has 0 saturated heterocycles. The first-order valence-electron chi connectivity index (χ1n) is 16.5. The third-order valence-electron chi connectivity index (χ3n) is 8.17. The fourth-order valence-electron chi connectivity index (χ4n) is 5.41. The van der Waals surface area contributed by atoms with E-state index in [0.717, 1.165) is 6.42 Å². The maximum Gasteiger partial charge on any atom is 0.0789 e. The van der Waals surface area contributed by atoms with Gasteiger partial charge in [0, 0.05) is 6.42 Å². The van der Waals surface area contributed by atoms with Crippen LogP contribution in [0.5, 0.6) is 0 Å². The van der Waals surface area contributed by atoms with Crippen LogP contribution in [0.3, 0.4) is 0 Å². The standard InChI is InChI=1S/C34H70NO.BrH/c1-7-10-13-16-19-24-29-35(30-25-20-17-14-11-8-2,31-26-21-18-15-12-9-3)32-27-22-23-28-33(36)34(4,5)6;/h23,28,33,36H,7-22,24-27,29-32H2,1-6H3;1H/q+1;/p-1. The van der Waals surface area contributed by atoms with Crippen molar-refractivity contribution in [2.24, 2.45) is 5.41 Å². The summed E-state index contributed by atoms with van der Waals surface area (Å²) in [5.74, 6) is 0. The van der Waals surface area contributed by atoms with Crippen molar-refractivity contribution in [3.63, 3.8) is 0 Å². The number of nitrogens with zero attached hydrogens (tertiary/aromatic N) is 1. The SMILES string of the molecule is CCCCCCCC[N+](CCCC=CC(O)C(C)(C)C)(CCCCCCCC)CCCCCCCC.[Br-]. The zero-order valence-electron chi connectivity index (χ0n) is 26.5. The monoisotopic (exact) mass is 587 g/mol. The minimum Gasteiger partial charge on any atom is -1.00 e. The Labute approximate surface area is 245 Å². The van der Waals surface area contributed by atoms with Gasteiger partial charge in [-0.15, -0.1) is 0 Å². The number of allylic oxidation sites excluding steroid dienone is 1. The molecular weight excluding hydrogens is 518 g/mol. The van der Waals surface area contributed by atoms with E-state index in [1.807, 2.05) is 6.08 Å². The molecule has 0 spiro atoms. The number of hydrogen-bond acceptors (Lipinski definition) is 1. The topological polar surface area (TPSA) is 20.2 Å². The summed E-state index contributed by atoms with van der Waals surface area (Å²) in [6.45, 7) is 18.8. The molecule has 0 radical (unpaired) electrons. The molecule has 0 aliphatic rings. The van der Waals surface area contributed by atoms with Crippen molar-refractivity contribution in [2.75, 3.05) is 26.2 Å². The van der Waals surface area contributed by atoms with E-state index in [1.165, 1.54) is 153 Å². The molecule has 37 heavy (non-hydrogen) atoms. The fourth-order valence-corrected chi connectivity index (χ4v) is 5.41. The highest BCUT2D eigenvalue weighted by molar-refractivity contribution is 4.94. The number of aliphatic hydroxyl groups is 1. The van der Waals surface area contributed by atoms with Crippen LogP contribution < -0.4 is 17.0 Å². The number of hydrogen-bond donors (Lipinski definition) is 1. The van der Waals surface area contributed by atoms with Crippen LogP contribution in [0.15, 0.2) is 12.2 Å². The van der Waals surface area contributed by atoms with E-state index < -0.39 is 0 Å². The van der Waals surface area contributed by atoms with Crippen molar-refractivity contribution in [1.29, 1.82) is 0 Å². The van der Waals surface area contributed by atoms with Crippen molar-refractivity contribution in [3.05, 3.63) is 12.2 Å². The van der Waals surface area contributed by atoms with Crippen LogP contribution >= 0.6 is 0 Å². The molecule has 0 amide bonds. The van der Waals surface area contributed by atoms with Crippen LogP contribution in [0.2, 0.25) is 0 Å². The molecule has 1 unspecified atom stereocenters. The predicted octanol–water partition coefficient (Wildman–Crippen LogP) is 7.63. The van der Waals surface area contributed by atoms with Gasteiger partial charge in [0.1, 0.15) is 0 Å². The molecule has 0 aliphatic carbocycles. The van der Waals surface area contributed by atoms with E-state index in [0.29, 0.717) is 0 Å². The summed E-state index contributed by atoms with van der Waals surface area (Å²) < 4.78 is 1.37. The van der Waals surface area contributed by atoms with Gasteiger partial charge in [0.2, 0.25) is 0 Å². The summed E-state index contributed by atoms with van der Waals surface area (Å²) in [7, 11) is 0. The molecule has 0 heterocycles. The molecule has 224 valence electrons. The van der Waals surface area contributed by atoms with E-state index in [4.69, 9.17) is 0 Å². The highest BCUT2D eigenvalue weighted by Crippen LogP contribution is 2.22. The van der Waals surface area contributed by atoms with Crippen LogP contribution in [-0.2, 0) is 0 Å². The lowest BCUT2D eigenvalue weighted by atomic mass is 9.89. The van der Waals surface area contributed by atoms with Gasteiger partial charge in [-0.2, -0.15) is 0 Å². The van der Waals surface area contributed by atoms with Crippen LogP contribution in [0.25, 0.3) is 0 Å². The van der Waals surface area contributed by atoms with E-state index in [-0.39, 0.29) is 28.5 Å². The largest absolute Gasteiger partial charge is 1.00 e. The van der Waals surface area contributed by atoms with Crippen LogP contribution in [0.1, 0.15) is 170 Å². The molecule has 0 aromatic carbocycles. The van der Waals surface area contributed by atoms with Gasteiger partial charge in [-0.05, 0) is 50.4 Å². The summed E-state index contributed by atoms with van der Waals surface area (Å²) in [5.41, 5.74) is -0.0658. The zero-order chi connectivity index (χ0) is 27.0. The lowest BCUT2D eigenvalue weighted by Gasteiger charge is -2.39. The van der Waals surface area contributed by atoms with Gasteiger partial charge in [0.05, 0.1) is 32.3 Å². The molecule has 0 bridgehead atoms. The molecule has 3 heteroatoms. The van der Waals surface area contributed by atoms with Crippen molar-refractivity contribution in [1.82, 2.24) is 0 Å². The normalized spacial score (nSPS) is 13.3. The van der Waals surface area contributed by atoms with Crippen LogP contribution in [0.4, 0.5) is 0 Å². The molecule has 0 fully saturated rings. The molecule has 1 N–H and O–H groups in total. The Bertz CT molecular complexity index is 444. The van der Waals surface area contributed by atoms with E-state index in [2.05, 4.69) is 47.6 Å². The highest BCUT2D eigenvalue weighted by atomic mass is 79.9. The average Bonchev–Trinajstić information content (AvgIpc) is 2.84. The van der Waals surface area contributed by atoms with Gasteiger partial charge in [-0.1, -0.05) is 131 Å². The molecule has 0 rings (SSSR count). The first-order valence-corrected chi connectivity index (χ1v) is 16.5. The van der Waals surface area contributed by atoms with Gasteiger partial charge < -0.3 is 26.6 Å². The number of aliphatic hydroxyl groups excluding tert-OH is 1. The number of quaternary nitrogens is 1. The summed E-state index contributed by atoms with van der Waals surface area (Å²) in [6, 6.07) is 0. The molecule has 0 aromatic heterocycles. The second kappa shape index (κ2) is 26.4. The molecular formula is C34H70BrNO. The summed E-state index contributed by atoms with van der Waals surface area (Å²) in [4.78, 5) is 0. The van der Waals surface area contributed by atoms with Gasteiger partial charge in [-0.25, -0.2) is 0 Å². The van der Waals surface area contributed by atoms with E-state index in [1.54, 1.807) is 0 Å². The molecule has 0 aliphatic heterocycles. The Kier molecular flexibility index (Phi) is 28.0. The van der Waals surface area contributed by atoms with Crippen molar-refractivity contribution in [2.45, 2.75) is 176 Å². The van der Waals surface area contributed by atoms with Crippen LogP contribution in [-0.4, -0.2) is 41.9 Å². The summed E-state index contributed by atoms with van der Waals surface area (Å²) in [6.07, 6.45) is 31.6. The van der Waals surface area contributed by atoms with Crippen molar-refractivity contribution in [3.8, 4) is 0 Å². The molecule has 0 aromatic rings. The average molecular weight is 589 g/mol. The van der Waals surface area contributed by atoms with E-state index in [9.17, 15) is 5.11 Å². The Hall–Kier alpha value is 0.140. The van der Waals surface area contributed by atoms with Crippen molar-refractivity contribution >= 4 is 0 Å². The fraction of sp³-hybridized carbons (Fsp3) is 0.941. The van der Waals surface area contributed by atoms with Crippen LogP contribution in [0, 0.1) is 5.41 Å². The quantitative estimate of drug-likeness (QED) is 0.0626. The second-order valence-electron chi connectivity index (χ2n) is 12.9. The zero-order valence-corrected chi connectivity index (χ0v) is 28.1. The Balaban J connectivity index is 0. The summed E-state index contributed by atoms with van der Waals surface area (Å²) in [5, 5.41) is 10.4. The Morgan fingerprint density at radius 2 is 0.865 bits per heavy atom. The minimum absolute atomic E-state index is 0. The third-order valence-corrected chi connectivity index (χ3v) is 8.17. The second-order valence-corrected chi connectivity index (χ2v) is 12.9. The van der Waals surface area contributed by atoms with Gasteiger partial charge in [-0.3, -0.25) is 0 Å².